The maximum Gasteiger partial charge on any atom is 0.320 e. The van der Waals surface area contributed by atoms with Crippen LogP contribution in [0.15, 0.2) is 18.2 Å². The van der Waals surface area contributed by atoms with E-state index in [1.54, 1.807) is 18.2 Å². The summed E-state index contributed by atoms with van der Waals surface area (Å²) >= 11 is 0. The topological polar surface area (TPSA) is 102 Å². The molecule has 4 atom stereocenters. The zero-order valence-electron chi connectivity index (χ0n) is 18.6. The Morgan fingerprint density at radius 1 is 1.33 bits per heavy atom. The highest BCUT2D eigenvalue weighted by Gasteiger charge is 2.53. The highest BCUT2D eigenvalue weighted by molar-refractivity contribution is 5.72. The summed E-state index contributed by atoms with van der Waals surface area (Å²) in [4.78, 5) is 12.8. The highest BCUT2D eigenvalue weighted by atomic mass is 16.5. The number of fused-ring (bicyclic) bond motifs is 1. The highest BCUT2D eigenvalue weighted by Crippen LogP contribution is 2.55. The average molecular weight is 418 g/mol. The molecule has 0 spiro atoms. The molecule has 2 fully saturated rings. The number of ether oxygens (including phenoxy) is 1. The number of hydrogen-bond acceptors (Lipinski definition) is 5. The Hall–Kier alpha value is -1.63. The Balaban J connectivity index is 0.000000220. The maximum atomic E-state index is 10.1. The van der Waals surface area contributed by atoms with Crippen LogP contribution in [-0.4, -0.2) is 55.3 Å². The van der Waals surface area contributed by atoms with Gasteiger partial charge in [0.1, 0.15) is 11.8 Å². The van der Waals surface area contributed by atoms with Gasteiger partial charge in [0.05, 0.1) is 7.11 Å². The van der Waals surface area contributed by atoms with Crippen molar-refractivity contribution < 1.29 is 14.6 Å². The standard InChI is InChI=1S/C18H25NO.C6H14N2O2/c1-19-10-9-18-8-4-3-5-15(18)17(19)11-13-6-7-14(20-2)12-16(13)18;7-4-2-1-3-5(8)6(9)10/h6-7,12,15,17H,3-5,8-11H2,1-2H3;5H,1-4,7-8H2,(H,9,10)/t15-,17+,18+;/m1./s1. The van der Waals surface area contributed by atoms with Crippen LogP contribution < -0.4 is 16.2 Å². The van der Waals surface area contributed by atoms with Crippen LogP contribution >= 0.6 is 0 Å². The average Bonchev–Trinajstić information content (AvgIpc) is 2.76. The molecule has 4 rings (SSSR count). The summed E-state index contributed by atoms with van der Waals surface area (Å²) < 4.78 is 5.51. The van der Waals surface area contributed by atoms with Crippen LogP contribution in [-0.2, 0) is 16.6 Å². The molecule has 5 N–H and O–H groups in total. The summed E-state index contributed by atoms with van der Waals surface area (Å²) in [6.45, 7) is 1.87. The number of likely N-dealkylation sites (N-methyl/N-ethyl adjacent to an activating group) is 1. The number of carboxylic acids is 1. The van der Waals surface area contributed by atoms with E-state index in [4.69, 9.17) is 21.3 Å². The first-order chi connectivity index (χ1) is 14.4. The van der Waals surface area contributed by atoms with Crippen LogP contribution in [0.3, 0.4) is 0 Å². The predicted molar refractivity (Wildman–Crippen MR) is 120 cm³/mol. The number of nitrogens with two attached hydrogens (primary N) is 2. The van der Waals surface area contributed by atoms with E-state index in [9.17, 15) is 4.79 Å². The fourth-order valence-electron chi connectivity index (χ4n) is 5.93. The monoisotopic (exact) mass is 417 g/mol. The van der Waals surface area contributed by atoms with Gasteiger partial charge in [-0.15, -0.1) is 0 Å². The molecule has 6 heteroatoms. The van der Waals surface area contributed by atoms with Gasteiger partial charge >= 0.3 is 5.97 Å². The number of unbranched alkanes of at least 4 members (excludes halogenated alkanes) is 1. The van der Waals surface area contributed by atoms with Crippen molar-refractivity contribution in [1.82, 2.24) is 4.90 Å². The fourth-order valence-corrected chi connectivity index (χ4v) is 5.93. The van der Waals surface area contributed by atoms with Crippen molar-refractivity contribution in [1.29, 1.82) is 0 Å². The second-order valence-corrected chi connectivity index (χ2v) is 9.26. The van der Waals surface area contributed by atoms with E-state index in [1.165, 1.54) is 45.1 Å². The van der Waals surface area contributed by atoms with E-state index in [-0.39, 0.29) is 0 Å². The van der Waals surface area contributed by atoms with Crippen molar-refractivity contribution in [3.8, 4) is 5.75 Å². The van der Waals surface area contributed by atoms with Crippen LogP contribution in [0.5, 0.6) is 5.75 Å². The molecule has 1 saturated heterocycles. The minimum absolute atomic E-state index is 0.456. The Kier molecular flexibility index (Phi) is 7.77. The van der Waals surface area contributed by atoms with E-state index in [0.29, 0.717) is 18.4 Å². The number of likely N-dealkylation sites (tertiary alicyclic amines) is 1. The molecule has 1 aromatic rings. The summed E-state index contributed by atoms with van der Waals surface area (Å²) in [5.41, 5.74) is 14.1. The maximum absolute atomic E-state index is 10.1. The molecule has 2 aliphatic carbocycles. The molecule has 168 valence electrons. The van der Waals surface area contributed by atoms with Gasteiger partial charge in [-0.1, -0.05) is 25.3 Å². The van der Waals surface area contributed by atoms with Gasteiger partial charge in [0.15, 0.2) is 0 Å². The van der Waals surface area contributed by atoms with Gasteiger partial charge in [-0.25, -0.2) is 0 Å². The predicted octanol–water partition coefficient (Wildman–Crippen LogP) is 2.91. The zero-order chi connectivity index (χ0) is 21.7. The molecule has 1 saturated carbocycles. The van der Waals surface area contributed by atoms with Gasteiger partial charge in [0.2, 0.25) is 0 Å². The Morgan fingerprint density at radius 3 is 2.83 bits per heavy atom. The van der Waals surface area contributed by atoms with Gasteiger partial charge in [-0.05, 0) is 87.8 Å². The van der Waals surface area contributed by atoms with Crippen molar-refractivity contribution in [3.63, 3.8) is 0 Å². The Morgan fingerprint density at radius 2 is 2.13 bits per heavy atom. The molecule has 6 nitrogen and oxygen atoms in total. The lowest BCUT2D eigenvalue weighted by Gasteiger charge is -2.58. The second-order valence-electron chi connectivity index (χ2n) is 9.26. The summed E-state index contributed by atoms with van der Waals surface area (Å²) in [7, 11) is 4.12. The lowest BCUT2D eigenvalue weighted by Crippen LogP contribution is -2.59. The molecule has 3 aliphatic rings. The van der Waals surface area contributed by atoms with Crippen molar-refractivity contribution >= 4 is 5.97 Å². The summed E-state index contributed by atoms with van der Waals surface area (Å²) in [6.07, 6.45) is 10.4. The summed E-state index contributed by atoms with van der Waals surface area (Å²) in [6, 6.07) is 6.88. The zero-order valence-corrected chi connectivity index (χ0v) is 18.6. The number of aliphatic carboxylic acids is 1. The van der Waals surface area contributed by atoms with Gasteiger partial charge < -0.3 is 26.2 Å². The third-order valence-electron chi connectivity index (χ3n) is 7.61. The van der Waals surface area contributed by atoms with E-state index in [2.05, 4.69) is 30.1 Å². The van der Waals surface area contributed by atoms with Crippen LogP contribution in [0.25, 0.3) is 0 Å². The summed E-state index contributed by atoms with van der Waals surface area (Å²) in [5.74, 6) is 0.978. The third-order valence-corrected chi connectivity index (χ3v) is 7.61. The summed E-state index contributed by atoms with van der Waals surface area (Å²) in [5, 5.41) is 8.33. The van der Waals surface area contributed by atoms with Crippen LogP contribution in [0.4, 0.5) is 0 Å². The molecule has 30 heavy (non-hydrogen) atoms. The number of hydrogen-bond donors (Lipinski definition) is 3. The first kappa shape index (κ1) is 23.0. The molecular weight excluding hydrogens is 378 g/mol. The first-order valence-corrected chi connectivity index (χ1v) is 11.5. The minimum atomic E-state index is -0.933. The van der Waals surface area contributed by atoms with E-state index < -0.39 is 12.0 Å². The van der Waals surface area contributed by atoms with E-state index in [0.717, 1.165) is 30.6 Å². The smallest absolute Gasteiger partial charge is 0.320 e. The lowest BCUT2D eigenvalue weighted by molar-refractivity contribution is -0.138. The van der Waals surface area contributed by atoms with E-state index in [1.807, 2.05) is 0 Å². The Labute approximate surface area is 180 Å². The van der Waals surface area contributed by atoms with E-state index >= 15 is 0 Å². The molecule has 1 aromatic carbocycles. The molecule has 0 aromatic heterocycles. The number of carboxylic acid groups (broad SMARTS) is 1. The molecule has 2 bridgehead atoms. The quantitative estimate of drug-likeness (QED) is 0.615. The second kappa shape index (κ2) is 10.1. The molecule has 0 amide bonds. The fraction of sp³-hybridized carbons (Fsp3) is 0.708. The largest absolute Gasteiger partial charge is 0.497 e. The SMILES string of the molecule is COc1ccc2c(c1)[C@]13CCCC[C@@H]1[C@H](C2)N(C)CC3.NCCCCC(N)C(=O)O. The third kappa shape index (κ3) is 4.66. The minimum Gasteiger partial charge on any atom is -0.497 e. The molecular formula is C24H39N3O3. The van der Waals surface area contributed by atoms with Gasteiger partial charge in [0.25, 0.3) is 0 Å². The number of nitrogens with zero attached hydrogens (tertiary/aromatic N) is 1. The number of piperidine rings is 1. The number of benzene rings is 1. The number of methoxy groups -OCH3 is 1. The number of rotatable bonds is 6. The normalized spacial score (nSPS) is 28.4. The first-order valence-electron chi connectivity index (χ1n) is 11.5. The van der Waals surface area contributed by atoms with Crippen LogP contribution in [0, 0.1) is 5.92 Å². The van der Waals surface area contributed by atoms with Crippen molar-refractivity contribution in [3.05, 3.63) is 29.3 Å². The van der Waals surface area contributed by atoms with Gasteiger partial charge in [0, 0.05) is 11.5 Å². The van der Waals surface area contributed by atoms with Crippen LogP contribution in [0.2, 0.25) is 0 Å². The van der Waals surface area contributed by atoms with Crippen molar-refractivity contribution in [2.24, 2.45) is 17.4 Å². The van der Waals surface area contributed by atoms with Crippen molar-refractivity contribution in [2.45, 2.75) is 75.3 Å². The van der Waals surface area contributed by atoms with Crippen LogP contribution in [0.1, 0.15) is 62.5 Å². The van der Waals surface area contributed by atoms with Crippen molar-refractivity contribution in [2.75, 3.05) is 27.2 Å². The Bertz CT molecular complexity index is 726. The number of carbonyl (C=O) groups is 1. The molecule has 1 aliphatic heterocycles. The lowest BCUT2D eigenvalue weighted by atomic mass is 9.52. The molecule has 0 radical (unpaired) electrons. The molecule has 1 heterocycles. The van der Waals surface area contributed by atoms with Gasteiger partial charge in [-0.2, -0.15) is 0 Å². The van der Waals surface area contributed by atoms with Gasteiger partial charge in [-0.3, -0.25) is 4.79 Å². The molecule has 1 unspecified atom stereocenters.